The van der Waals surface area contributed by atoms with Gasteiger partial charge in [0.25, 0.3) is 5.91 Å². The van der Waals surface area contributed by atoms with Crippen molar-refractivity contribution in [1.82, 2.24) is 9.97 Å². The van der Waals surface area contributed by atoms with E-state index in [-0.39, 0.29) is 17.6 Å². The van der Waals surface area contributed by atoms with Crippen LogP contribution in [0.3, 0.4) is 0 Å². The van der Waals surface area contributed by atoms with E-state index >= 15 is 0 Å². The van der Waals surface area contributed by atoms with Gasteiger partial charge >= 0.3 is 0 Å². The Bertz CT molecular complexity index is 737. The number of halogens is 1. The predicted octanol–water partition coefficient (Wildman–Crippen LogP) is 3.91. The van der Waals surface area contributed by atoms with Gasteiger partial charge in [0.1, 0.15) is 23.1 Å². The number of anilines is 2. The van der Waals surface area contributed by atoms with Crippen LogP contribution in [0.4, 0.5) is 11.5 Å². The number of carbonyl (C=O) groups excluding carboxylic acids is 1. The van der Waals surface area contributed by atoms with Crippen molar-refractivity contribution in [2.24, 2.45) is 0 Å². The summed E-state index contributed by atoms with van der Waals surface area (Å²) in [7, 11) is 1.53. The van der Waals surface area contributed by atoms with Crippen LogP contribution in [0, 0.1) is 6.92 Å². The summed E-state index contributed by atoms with van der Waals surface area (Å²) in [6.07, 6.45) is 0.949. The fourth-order valence-electron chi connectivity index (χ4n) is 2.08. The Morgan fingerprint density at radius 2 is 2.08 bits per heavy atom. The van der Waals surface area contributed by atoms with Gasteiger partial charge in [-0.05, 0) is 38.5 Å². The summed E-state index contributed by atoms with van der Waals surface area (Å²) >= 11 is 5.98. The molecule has 1 aromatic carbocycles. The first kappa shape index (κ1) is 18.0. The largest absolute Gasteiger partial charge is 0.495 e. The van der Waals surface area contributed by atoms with Gasteiger partial charge in [-0.1, -0.05) is 18.5 Å². The number of nitrogens with zero attached hydrogens (tertiary/aromatic N) is 2. The molecule has 24 heavy (non-hydrogen) atoms. The van der Waals surface area contributed by atoms with Gasteiger partial charge in [0, 0.05) is 17.1 Å². The highest BCUT2D eigenvalue weighted by molar-refractivity contribution is 6.31. The third-order valence-electron chi connectivity index (χ3n) is 3.49. The van der Waals surface area contributed by atoms with Crippen LogP contribution in [0.5, 0.6) is 5.75 Å². The van der Waals surface area contributed by atoms with Crippen LogP contribution in [0.2, 0.25) is 5.02 Å². The molecule has 1 heterocycles. The van der Waals surface area contributed by atoms with Crippen LogP contribution >= 0.6 is 11.6 Å². The molecule has 0 saturated heterocycles. The lowest BCUT2D eigenvalue weighted by molar-refractivity contribution is 0.102. The second-order valence-corrected chi connectivity index (χ2v) is 5.87. The van der Waals surface area contributed by atoms with E-state index < -0.39 is 0 Å². The Morgan fingerprint density at radius 1 is 1.33 bits per heavy atom. The minimum absolute atomic E-state index is 0.253. The number of amides is 1. The standard InChI is InChI=1S/C17H21ClN4O2/c1-5-10(2)19-16-9-14(20-11(3)21-16)17(23)22-13-8-12(18)6-7-15(13)24-4/h6-10H,5H2,1-4H3,(H,22,23)(H,19,20,21). The van der Waals surface area contributed by atoms with E-state index in [9.17, 15) is 4.79 Å². The van der Waals surface area contributed by atoms with Crippen molar-refractivity contribution >= 4 is 29.0 Å². The zero-order valence-electron chi connectivity index (χ0n) is 14.2. The molecule has 1 atom stereocenters. The van der Waals surface area contributed by atoms with E-state index in [2.05, 4.69) is 27.5 Å². The molecule has 0 aliphatic heterocycles. The number of ether oxygens (including phenoxy) is 1. The fraction of sp³-hybridized carbons (Fsp3) is 0.353. The molecular weight excluding hydrogens is 328 g/mol. The summed E-state index contributed by atoms with van der Waals surface area (Å²) in [4.78, 5) is 21.0. The number of benzene rings is 1. The van der Waals surface area contributed by atoms with Gasteiger partial charge in [-0.15, -0.1) is 0 Å². The number of aryl methyl sites for hydroxylation is 1. The van der Waals surface area contributed by atoms with Crippen LogP contribution in [0.15, 0.2) is 24.3 Å². The lowest BCUT2D eigenvalue weighted by Gasteiger charge is -2.14. The Morgan fingerprint density at radius 3 is 2.75 bits per heavy atom. The van der Waals surface area contributed by atoms with Gasteiger partial charge in [0.2, 0.25) is 0 Å². The molecule has 1 aromatic heterocycles. The first-order valence-corrected chi connectivity index (χ1v) is 8.07. The molecule has 128 valence electrons. The van der Waals surface area contributed by atoms with Crippen molar-refractivity contribution in [2.75, 3.05) is 17.7 Å². The van der Waals surface area contributed by atoms with Crippen LogP contribution in [-0.2, 0) is 0 Å². The van der Waals surface area contributed by atoms with E-state index in [1.807, 2.05) is 6.92 Å². The van der Waals surface area contributed by atoms with E-state index in [1.165, 1.54) is 7.11 Å². The first-order chi connectivity index (χ1) is 11.4. The lowest BCUT2D eigenvalue weighted by Crippen LogP contribution is -2.19. The Kier molecular flexibility index (Phi) is 5.98. The first-order valence-electron chi connectivity index (χ1n) is 7.70. The van der Waals surface area contributed by atoms with Gasteiger partial charge in [0.05, 0.1) is 12.8 Å². The number of nitrogens with one attached hydrogen (secondary N) is 2. The van der Waals surface area contributed by atoms with E-state index in [0.717, 1.165) is 6.42 Å². The zero-order valence-corrected chi connectivity index (χ0v) is 14.9. The Labute approximate surface area is 146 Å². The molecule has 2 rings (SSSR count). The van der Waals surface area contributed by atoms with Gasteiger partial charge in [-0.2, -0.15) is 0 Å². The molecule has 0 aliphatic rings. The maximum atomic E-state index is 12.5. The maximum Gasteiger partial charge on any atom is 0.274 e. The van der Waals surface area contributed by atoms with Crippen molar-refractivity contribution in [2.45, 2.75) is 33.2 Å². The molecule has 7 heteroatoms. The number of hydrogen-bond donors (Lipinski definition) is 2. The monoisotopic (exact) mass is 348 g/mol. The Hall–Kier alpha value is -2.34. The summed E-state index contributed by atoms with van der Waals surface area (Å²) < 4.78 is 5.23. The van der Waals surface area contributed by atoms with Crippen LogP contribution in [0.1, 0.15) is 36.6 Å². The summed E-state index contributed by atoms with van der Waals surface area (Å²) in [6.45, 7) is 5.87. The van der Waals surface area contributed by atoms with Gasteiger partial charge in [0.15, 0.2) is 0 Å². The summed E-state index contributed by atoms with van der Waals surface area (Å²) in [5, 5.41) is 6.52. The topological polar surface area (TPSA) is 76.1 Å². The van der Waals surface area contributed by atoms with Crippen LogP contribution < -0.4 is 15.4 Å². The minimum Gasteiger partial charge on any atom is -0.495 e. The van der Waals surface area contributed by atoms with Gasteiger partial charge in [-0.25, -0.2) is 9.97 Å². The normalized spacial score (nSPS) is 11.7. The molecule has 0 radical (unpaired) electrons. The molecule has 6 nitrogen and oxygen atoms in total. The number of rotatable bonds is 6. The molecule has 1 amide bonds. The number of carbonyl (C=O) groups is 1. The average molecular weight is 349 g/mol. The quantitative estimate of drug-likeness (QED) is 0.827. The fourth-order valence-corrected chi connectivity index (χ4v) is 2.25. The van der Waals surface area contributed by atoms with E-state index in [0.29, 0.717) is 28.1 Å². The zero-order chi connectivity index (χ0) is 17.7. The van der Waals surface area contributed by atoms with Crippen molar-refractivity contribution in [3.05, 3.63) is 40.8 Å². The lowest BCUT2D eigenvalue weighted by atomic mass is 10.2. The molecule has 0 fully saturated rings. The molecule has 1 unspecified atom stereocenters. The second-order valence-electron chi connectivity index (χ2n) is 5.44. The van der Waals surface area contributed by atoms with E-state index in [4.69, 9.17) is 16.3 Å². The summed E-state index contributed by atoms with van der Waals surface area (Å²) in [5.41, 5.74) is 0.762. The maximum absolute atomic E-state index is 12.5. The highest BCUT2D eigenvalue weighted by Gasteiger charge is 2.14. The molecule has 2 aromatic rings. The number of methoxy groups -OCH3 is 1. The molecule has 0 aliphatic carbocycles. The predicted molar refractivity (Wildman–Crippen MR) is 96.1 cm³/mol. The number of aromatic nitrogens is 2. The molecular formula is C17H21ClN4O2. The van der Waals surface area contributed by atoms with Crippen LogP contribution in [0.25, 0.3) is 0 Å². The smallest absolute Gasteiger partial charge is 0.274 e. The SMILES string of the molecule is CCC(C)Nc1cc(C(=O)Nc2cc(Cl)ccc2OC)nc(C)n1. The third kappa shape index (κ3) is 4.58. The average Bonchev–Trinajstić information content (AvgIpc) is 2.54. The van der Waals surface area contributed by atoms with Crippen molar-refractivity contribution < 1.29 is 9.53 Å². The van der Waals surface area contributed by atoms with Gasteiger partial charge in [-0.3, -0.25) is 4.79 Å². The van der Waals surface area contributed by atoms with E-state index in [1.54, 1.807) is 31.2 Å². The van der Waals surface area contributed by atoms with Crippen molar-refractivity contribution in [1.29, 1.82) is 0 Å². The summed E-state index contributed by atoms with van der Waals surface area (Å²) in [5.74, 6) is 1.32. The second kappa shape index (κ2) is 7.97. The van der Waals surface area contributed by atoms with Crippen LogP contribution in [-0.4, -0.2) is 29.0 Å². The molecule has 0 saturated carbocycles. The minimum atomic E-state index is -0.353. The molecule has 0 spiro atoms. The third-order valence-corrected chi connectivity index (χ3v) is 3.72. The molecule has 0 bridgehead atoms. The molecule has 2 N–H and O–H groups in total. The highest BCUT2D eigenvalue weighted by atomic mass is 35.5. The van der Waals surface area contributed by atoms with Crippen molar-refractivity contribution in [3.8, 4) is 5.75 Å². The summed E-state index contributed by atoms with van der Waals surface area (Å²) in [6, 6.07) is 6.90. The highest BCUT2D eigenvalue weighted by Crippen LogP contribution is 2.28. The number of hydrogen-bond acceptors (Lipinski definition) is 5. The van der Waals surface area contributed by atoms with Gasteiger partial charge < -0.3 is 15.4 Å². The van der Waals surface area contributed by atoms with Crippen molar-refractivity contribution in [3.63, 3.8) is 0 Å². The Balaban J connectivity index is 2.25.